The molecule has 0 radical (unpaired) electrons. The van der Waals surface area contributed by atoms with Crippen molar-refractivity contribution in [3.63, 3.8) is 0 Å². The maximum atomic E-state index is 14.3. The number of aromatic nitrogens is 2. The third kappa shape index (κ3) is 2.71. The first-order chi connectivity index (χ1) is 17.2. The van der Waals surface area contributed by atoms with Gasteiger partial charge in [0.2, 0.25) is 0 Å². The van der Waals surface area contributed by atoms with Gasteiger partial charge in [-0.05, 0) is 45.8 Å². The van der Waals surface area contributed by atoms with E-state index in [0.717, 1.165) is 48.9 Å². The Labute approximate surface area is 200 Å². The van der Waals surface area contributed by atoms with Crippen molar-refractivity contribution in [3.8, 4) is 5.69 Å². The van der Waals surface area contributed by atoms with Crippen molar-refractivity contribution in [1.82, 2.24) is 8.97 Å². The highest BCUT2D eigenvalue weighted by Crippen LogP contribution is 2.34. The molecule has 0 spiro atoms. The summed E-state index contributed by atoms with van der Waals surface area (Å²) in [4.78, 5) is 14.3. The van der Waals surface area contributed by atoms with Crippen molar-refractivity contribution in [3.05, 3.63) is 126 Å². The van der Waals surface area contributed by atoms with Crippen LogP contribution >= 0.6 is 0 Å². The maximum Gasteiger partial charge on any atom is 0.338 e. The summed E-state index contributed by atoms with van der Waals surface area (Å²) in [7, 11) is 0. The topological polar surface area (TPSA) is 52.4 Å². The van der Waals surface area contributed by atoms with Gasteiger partial charge in [-0.1, -0.05) is 91.0 Å². The lowest BCUT2D eigenvalue weighted by Gasteiger charge is -2.07. The number of benzene rings is 5. The fraction of sp³-hybridized carbons (Fsp3) is 0. The molecular formula is C31H21N3O. The Balaban J connectivity index is 1.93. The van der Waals surface area contributed by atoms with E-state index in [1.165, 1.54) is 0 Å². The fourth-order valence-electron chi connectivity index (χ4n) is 5.41. The lowest BCUT2D eigenvalue weighted by Crippen LogP contribution is -2.19. The summed E-state index contributed by atoms with van der Waals surface area (Å²) in [5.74, 6) is 0. The number of hydrogen-bond acceptors (Lipinski definition) is 2. The highest BCUT2D eigenvalue weighted by molar-refractivity contribution is 6.20. The molecule has 5 aromatic carbocycles. The summed E-state index contributed by atoms with van der Waals surface area (Å²) in [6, 6.07) is 38.6. The standard InChI is InChI=1S/C31H21N3O/c32-26-16-6-8-18-28(26)33-29-19-9-15-25-23-13-4-2-11-21(23)20-10-1-3-12-22(20)24-14-5-7-17-27(24)34(30(25)29)31(33)35/h1-19H,32H2. The molecule has 0 saturated carbocycles. The van der Waals surface area contributed by atoms with E-state index in [2.05, 4.69) is 60.7 Å². The summed E-state index contributed by atoms with van der Waals surface area (Å²) in [5.41, 5.74) is 10.0. The van der Waals surface area contributed by atoms with Gasteiger partial charge in [0.25, 0.3) is 0 Å². The Bertz CT molecular complexity index is 2050. The highest BCUT2D eigenvalue weighted by atomic mass is 16.1. The minimum atomic E-state index is -0.144. The van der Waals surface area contributed by atoms with E-state index in [9.17, 15) is 4.79 Å². The van der Waals surface area contributed by atoms with E-state index in [1.54, 1.807) is 4.57 Å². The Morgan fingerprint density at radius 3 is 1.66 bits per heavy atom. The van der Waals surface area contributed by atoms with E-state index in [0.29, 0.717) is 11.4 Å². The van der Waals surface area contributed by atoms with E-state index >= 15 is 0 Å². The van der Waals surface area contributed by atoms with Gasteiger partial charge in [-0.3, -0.25) is 8.97 Å². The highest BCUT2D eigenvalue weighted by Gasteiger charge is 2.18. The van der Waals surface area contributed by atoms with Crippen molar-refractivity contribution < 1.29 is 0 Å². The van der Waals surface area contributed by atoms with Crippen LogP contribution in [0.25, 0.3) is 54.6 Å². The summed E-state index contributed by atoms with van der Waals surface area (Å²) in [6.45, 7) is 0. The normalized spacial score (nSPS) is 11.7. The number of para-hydroxylation sites is 4. The fourth-order valence-corrected chi connectivity index (χ4v) is 5.41. The number of imidazole rings is 1. The van der Waals surface area contributed by atoms with Crippen LogP contribution < -0.4 is 11.4 Å². The number of fused-ring (bicyclic) bond motifs is 7. The first-order valence-corrected chi connectivity index (χ1v) is 11.6. The number of nitrogen functional groups attached to an aromatic ring is 1. The minimum Gasteiger partial charge on any atom is -0.397 e. The first-order valence-electron chi connectivity index (χ1n) is 11.6. The van der Waals surface area contributed by atoms with Crippen LogP contribution in [0.3, 0.4) is 0 Å². The predicted octanol–water partition coefficient (Wildman–Crippen LogP) is 6.85. The zero-order valence-electron chi connectivity index (χ0n) is 18.8. The smallest absolute Gasteiger partial charge is 0.338 e. The average Bonchev–Trinajstić information content (AvgIpc) is 3.22. The number of nitrogens with zero attached hydrogens (tertiary/aromatic N) is 2. The average molecular weight is 452 g/mol. The van der Waals surface area contributed by atoms with Crippen molar-refractivity contribution >= 4 is 54.6 Å². The lowest BCUT2D eigenvalue weighted by atomic mass is 10.0. The molecule has 0 aliphatic rings. The molecule has 7 rings (SSSR count). The first kappa shape index (κ1) is 19.6. The molecule has 166 valence electrons. The Morgan fingerprint density at radius 2 is 0.971 bits per heavy atom. The monoisotopic (exact) mass is 451 g/mol. The predicted molar refractivity (Wildman–Crippen MR) is 146 cm³/mol. The van der Waals surface area contributed by atoms with Crippen molar-refractivity contribution in [2.45, 2.75) is 0 Å². The van der Waals surface area contributed by atoms with Crippen LogP contribution in [-0.4, -0.2) is 8.97 Å². The van der Waals surface area contributed by atoms with Crippen LogP contribution in [0.5, 0.6) is 0 Å². The van der Waals surface area contributed by atoms with Gasteiger partial charge in [-0.2, -0.15) is 0 Å². The molecule has 0 fully saturated rings. The van der Waals surface area contributed by atoms with Crippen LogP contribution in [0.15, 0.2) is 120 Å². The number of anilines is 1. The van der Waals surface area contributed by atoms with Gasteiger partial charge in [0.05, 0.1) is 27.9 Å². The van der Waals surface area contributed by atoms with Crippen LogP contribution in [0.1, 0.15) is 0 Å². The van der Waals surface area contributed by atoms with E-state index in [4.69, 9.17) is 5.73 Å². The van der Waals surface area contributed by atoms with E-state index in [-0.39, 0.29) is 5.69 Å². The molecule has 0 atom stereocenters. The van der Waals surface area contributed by atoms with Crippen molar-refractivity contribution in [2.75, 3.05) is 5.73 Å². The van der Waals surface area contributed by atoms with Crippen molar-refractivity contribution in [1.29, 1.82) is 0 Å². The summed E-state index contributed by atoms with van der Waals surface area (Å²) < 4.78 is 3.59. The SMILES string of the molecule is Nc1ccccc1-n1c(=O)n2c3ccccc3c3ccccc3c3ccccc3c3cccc1c32. The minimum absolute atomic E-state index is 0.144. The molecule has 0 aliphatic carbocycles. The maximum absolute atomic E-state index is 14.3. The molecule has 4 heteroatoms. The van der Waals surface area contributed by atoms with E-state index < -0.39 is 0 Å². The lowest BCUT2D eigenvalue weighted by molar-refractivity contribution is 0.982. The molecule has 0 amide bonds. The van der Waals surface area contributed by atoms with Crippen LogP contribution in [0, 0.1) is 0 Å². The molecule has 2 aromatic heterocycles. The molecule has 4 nitrogen and oxygen atoms in total. The quantitative estimate of drug-likeness (QED) is 0.278. The third-order valence-corrected chi connectivity index (χ3v) is 6.91. The van der Waals surface area contributed by atoms with E-state index in [1.807, 2.05) is 59.0 Å². The Morgan fingerprint density at radius 1 is 0.486 bits per heavy atom. The zero-order chi connectivity index (χ0) is 23.5. The second kappa shape index (κ2) is 7.34. The van der Waals surface area contributed by atoms with Gasteiger partial charge in [0.1, 0.15) is 0 Å². The molecule has 35 heavy (non-hydrogen) atoms. The summed E-state index contributed by atoms with van der Waals surface area (Å²) >= 11 is 0. The van der Waals surface area contributed by atoms with Gasteiger partial charge < -0.3 is 5.73 Å². The van der Waals surface area contributed by atoms with Gasteiger partial charge >= 0.3 is 5.69 Å². The number of nitrogens with two attached hydrogens (primary N) is 1. The molecule has 2 heterocycles. The van der Waals surface area contributed by atoms with Crippen molar-refractivity contribution in [2.24, 2.45) is 0 Å². The molecule has 0 aliphatic heterocycles. The molecule has 7 aromatic rings. The van der Waals surface area contributed by atoms with Crippen LogP contribution in [0.4, 0.5) is 5.69 Å². The van der Waals surface area contributed by atoms with Gasteiger partial charge in [0, 0.05) is 10.8 Å². The summed E-state index contributed by atoms with van der Waals surface area (Å²) in [5, 5.41) is 6.48. The number of rotatable bonds is 1. The van der Waals surface area contributed by atoms with Gasteiger partial charge in [-0.15, -0.1) is 0 Å². The Hall–Kier alpha value is -4.83. The largest absolute Gasteiger partial charge is 0.397 e. The van der Waals surface area contributed by atoms with Gasteiger partial charge in [0.15, 0.2) is 0 Å². The molecule has 0 bridgehead atoms. The number of hydrogen-bond donors (Lipinski definition) is 1. The molecular weight excluding hydrogens is 430 g/mol. The summed E-state index contributed by atoms with van der Waals surface area (Å²) in [6.07, 6.45) is 0. The van der Waals surface area contributed by atoms with Crippen LogP contribution in [-0.2, 0) is 0 Å². The molecule has 0 saturated heterocycles. The second-order valence-corrected chi connectivity index (χ2v) is 8.79. The second-order valence-electron chi connectivity index (χ2n) is 8.79. The zero-order valence-corrected chi connectivity index (χ0v) is 18.8. The third-order valence-electron chi connectivity index (χ3n) is 6.91. The van der Waals surface area contributed by atoms with Crippen LogP contribution in [0.2, 0.25) is 0 Å². The Kier molecular flexibility index (Phi) is 4.11. The molecule has 2 N–H and O–H groups in total. The van der Waals surface area contributed by atoms with Gasteiger partial charge in [-0.25, -0.2) is 4.79 Å². The molecule has 0 unspecified atom stereocenters.